The molecule has 2 aromatic carbocycles. The molecule has 19 heavy (non-hydrogen) atoms. The molecule has 2 N–H and O–H groups in total. The molecule has 0 amide bonds. The van der Waals surface area contributed by atoms with Gasteiger partial charge in [0.05, 0.1) is 12.2 Å². The van der Waals surface area contributed by atoms with E-state index in [0.29, 0.717) is 29.4 Å². The predicted molar refractivity (Wildman–Crippen MR) is 73.4 cm³/mol. The fourth-order valence-corrected chi connectivity index (χ4v) is 1.65. The van der Waals surface area contributed by atoms with Crippen LogP contribution in [0.5, 0.6) is 11.5 Å². The Hall–Kier alpha value is -2.49. The lowest BCUT2D eigenvalue weighted by molar-refractivity contribution is 0.0729. The lowest BCUT2D eigenvalue weighted by atomic mass is 10.2. The summed E-state index contributed by atoms with van der Waals surface area (Å²) < 4.78 is 10.7. The van der Waals surface area contributed by atoms with Crippen molar-refractivity contribution in [1.29, 1.82) is 0 Å². The van der Waals surface area contributed by atoms with E-state index in [1.807, 2.05) is 13.0 Å². The minimum absolute atomic E-state index is 0.341. The number of hydrogen-bond acceptors (Lipinski definition) is 4. The van der Waals surface area contributed by atoms with Crippen molar-refractivity contribution >= 4 is 11.7 Å². The van der Waals surface area contributed by atoms with Gasteiger partial charge in [-0.1, -0.05) is 24.3 Å². The van der Waals surface area contributed by atoms with E-state index in [1.165, 1.54) is 0 Å². The topological polar surface area (TPSA) is 61.5 Å². The monoisotopic (exact) mass is 257 g/mol. The van der Waals surface area contributed by atoms with Gasteiger partial charge in [-0.25, -0.2) is 4.79 Å². The van der Waals surface area contributed by atoms with Crippen LogP contribution >= 0.6 is 0 Å². The predicted octanol–water partition coefficient (Wildman–Crippen LogP) is 2.89. The second-order valence-electron chi connectivity index (χ2n) is 3.86. The van der Waals surface area contributed by atoms with E-state index in [2.05, 4.69) is 0 Å². The Morgan fingerprint density at radius 2 is 1.68 bits per heavy atom. The second-order valence-corrected chi connectivity index (χ2v) is 3.86. The molecule has 0 unspecified atom stereocenters. The number of rotatable bonds is 4. The zero-order valence-corrected chi connectivity index (χ0v) is 10.6. The maximum atomic E-state index is 12.0. The third kappa shape index (κ3) is 3.04. The Morgan fingerprint density at radius 1 is 1.05 bits per heavy atom. The summed E-state index contributed by atoms with van der Waals surface area (Å²) >= 11 is 0. The largest absolute Gasteiger partial charge is 0.490 e. The molecule has 0 radical (unpaired) electrons. The molecule has 0 saturated carbocycles. The Bertz CT molecular complexity index is 581. The first kappa shape index (κ1) is 13.0. The van der Waals surface area contributed by atoms with Crippen LogP contribution in [-0.2, 0) is 0 Å². The molecule has 0 aliphatic carbocycles. The minimum Gasteiger partial charge on any atom is -0.490 e. The smallest absolute Gasteiger partial charge is 0.345 e. The second kappa shape index (κ2) is 5.91. The number of ether oxygens (including phenoxy) is 2. The highest BCUT2D eigenvalue weighted by Crippen LogP contribution is 2.27. The van der Waals surface area contributed by atoms with Crippen LogP contribution in [0.15, 0.2) is 48.5 Å². The van der Waals surface area contributed by atoms with Crippen molar-refractivity contribution in [3.05, 3.63) is 54.1 Å². The zero-order chi connectivity index (χ0) is 13.7. The molecule has 0 aromatic heterocycles. The van der Waals surface area contributed by atoms with Gasteiger partial charge in [0.25, 0.3) is 0 Å². The van der Waals surface area contributed by atoms with Gasteiger partial charge in [0.2, 0.25) is 0 Å². The summed E-state index contributed by atoms with van der Waals surface area (Å²) in [6.07, 6.45) is 0. The number of para-hydroxylation sites is 3. The Morgan fingerprint density at radius 3 is 2.37 bits per heavy atom. The van der Waals surface area contributed by atoms with Crippen molar-refractivity contribution in [2.24, 2.45) is 0 Å². The number of anilines is 1. The van der Waals surface area contributed by atoms with Gasteiger partial charge < -0.3 is 15.2 Å². The molecule has 0 fully saturated rings. The maximum absolute atomic E-state index is 12.0. The molecule has 0 aliphatic heterocycles. The van der Waals surface area contributed by atoms with E-state index in [1.54, 1.807) is 42.5 Å². The highest BCUT2D eigenvalue weighted by molar-refractivity contribution is 5.96. The van der Waals surface area contributed by atoms with Crippen LogP contribution in [0.25, 0.3) is 0 Å². The van der Waals surface area contributed by atoms with E-state index in [0.717, 1.165) is 0 Å². The van der Waals surface area contributed by atoms with Gasteiger partial charge in [-0.15, -0.1) is 0 Å². The number of carbonyl (C=O) groups is 1. The van der Waals surface area contributed by atoms with Crippen LogP contribution in [0.2, 0.25) is 0 Å². The molecule has 0 heterocycles. The number of nitrogens with two attached hydrogens (primary N) is 1. The van der Waals surface area contributed by atoms with Crippen LogP contribution in [0, 0.1) is 0 Å². The molecule has 0 spiro atoms. The first-order valence-corrected chi connectivity index (χ1v) is 6.01. The minimum atomic E-state index is -0.495. The number of carbonyl (C=O) groups excluding carboxylic acids is 1. The summed E-state index contributed by atoms with van der Waals surface area (Å²) in [5.41, 5.74) is 6.47. The number of nitrogen functional groups attached to an aromatic ring is 1. The molecule has 2 aromatic rings. The molecular weight excluding hydrogens is 242 g/mol. The van der Waals surface area contributed by atoms with Gasteiger partial charge in [-0.3, -0.25) is 0 Å². The van der Waals surface area contributed by atoms with E-state index in [9.17, 15) is 4.79 Å². The van der Waals surface area contributed by atoms with Crippen molar-refractivity contribution in [1.82, 2.24) is 0 Å². The SMILES string of the molecule is CCOc1ccccc1OC(=O)c1ccccc1N. The van der Waals surface area contributed by atoms with Gasteiger partial charge in [-0.05, 0) is 31.2 Å². The van der Waals surface area contributed by atoms with Crippen LogP contribution in [0.3, 0.4) is 0 Å². The van der Waals surface area contributed by atoms with Gasteiger partial charge in [0, 0.05) is 5.69 Å². The number of hydrogen-bond donors (Lipinski definition) is 1. The highest BCUT2D eigenvalue weighted by atomic mass is 16.6. The third-order valence-corrected chi connectivity index (χ3v) is 2.53. The third-order valence-electron chi connectivity index (χ3n) is 2.53. The molecule has 0 bridgehead atoms. The lowest BCUT2D eigenvalue weighted by Gasteiger charge is -2.10. The summed E-state index contributed by atoms with van der Waals surface area (Å²) in [5.74, 6) is 0.427. The van der Waals surface area contributed by atoms with Gasteiger partial charge in [0.1, 0.15) is 0 Å². The molecule has 0 atom stereocenters. The molecule has 2 rings (SSSR count). The van der Waals surface area contributed by atoms with Gasteiger partial charge >= 0.3 is 5.97 Å². The van der Waals surface area contributed by atoms with E-state index in [4.69, 9.17) is 15.2 Å². The highest BCUT2D eigenvalue weighted by Gasteiger charge is 2.14. The summed E-state index contributed by atoms with van der Waals surface area (Å²) in [6.45, 7) is 2.37. The van der Waals surface area contributed by atoms with E-state index in [-0.39, 0.29) is 0 Å². The summed E-state index contributed by atoms with van der Waals surface area (Å²) in [6, 6.07) is 13.8. The first-order chi connectivity index (χ1) is 9.22. The molecule has 0 saturated heterocycles. The maximum Gasteiger partial charge on any atom is 0.345 e. The van der Waals surface area contributed by atoms with Crippen LogP contribution < -0.4 is 15.2 Å². The molecule has 4 heteroatoms. The van der Waals surface area contributed by atoms with Crippen molar-refractivity contribution in [2.75, 3.05) is 12.3 Å². The molecular formula is C15H15NO3. The molecule has 98 valence electrons. The fraction of sp³-hybridized carbons (Fsp3) is 0.133. The van der Waals surface area contributed by atoms with Crippen molar-refractivity contribution in [3.8, 4) is 11.5 Å². The summed E-state index contributed by atoms with van der Waals surface area (Å²) in [7, 11) is 0. The van der Waals surface area contributed by atoms with Gasteiger partial charge in [0.15, 0.2) is 11.5 Å². The van der Waals surface area contributed by atoms with Crippen LogP contribution in [0.4, 0.5) is 5.69 Å². The normalized spacial score (nSPS) is 9.95. The van der Waals surface area contributed by atoms with E-state index < -0.39 is 5.97 Å². The Labute approximate surface area is 111 Å². The quantitative estimate of drug-likeness (QED) is 0.519. The summed E-state index contributed by atoms with van der Waals surface area (Å²) in [4.78, 5) is 12.0. The average Bonchev–Trinajstić information content (AvgIpc) is 2.41. The van der Waals surface area contributed by atoms with Gasteiger partial charge in [-0.2, -0.15) is 0 Å². The standard InChI is InChI=1S/C15H15NO3/c1-2-18-13-9-5-6-10-14(13)19-15(17)11-7-3-4-8-12(11)16/h3-10H,2,16H2,1H3. The van der Waals surface area contributed by atoms with Crippen LogP contribution in [-0.4, -0.2) is 12.6 Å². The molecule has 0 aliphatic rings. The lowest BCUT2D eigenvalue weighted by Crippen LogP contribution is -2.11. The molecule has 4 nitrogen and oxygen atoms in total. The Kier molecular flexibility index (Phi) is 4.03. The Balaban J connectivity index is 2.22. The van der Waals surface area contributed by atoms with Crippen molar-refractivity contribution in [2.45, 2.75) is 6.92 Å². The summed E-state index contributed by atoms with van der Waals surface area (Å²) in [5, 5.41) is 0. The van der Waals surface area contributed by atoms with Crippen LogP contribution in [0.1, 0.15) is 17.3 Å². The van der Waals surface area contributed by atoms with Crippen molar-refractivity contribution in [3.63, 3.8) is 0 Å². The number of esters is 1. The average molecular weight is 257 g/mol. The van der Waals surface area contributed by atoms with E-state index >= 15 is 0 Å². The zero-order valence-electron chi connectivity index (χ0n) is 10.6. The van der Waals surface area contributed by atoms with Crippen molar-refractivity contribution < 1.29 is 14.3 Å². The first-order valence-electron chi connectivity index (χ1n) is 6.01. The number of benzene rings is 2. The fourth-order valence-electron chi connectivity index (χ4n) is 1.65.